The van der Waals surface area contributed by atoms with E-state index >= 15 is 0 Å². The van der Waals surface area contributed by atoms with Gasteiger partial charge in [-0.1, -0.05) is 37.1 Å². The van der Waals surface area contributed by atoms with Gasteiger partial charge in [-0.05, 0) is 44.4 Å². The topological polar surface area (TPSA) is 32.3 Å². The van der Waals surface area contributed by atoms with Gasteiger partial charge >= 0.3 is 0 Å². The predicted octanol–water partition coefficient (Wildman–Crippen LogP) is 2.88. The van der Waals surface area contributed by atoms with E-state index in [9.17, 15) is 4.79 Å². The highest BCUT2D eigenvalue weighted by Crippen LogP contribution is 2.14. The minimum Gasteiger partial charge on any atom is -0.337 e. The highest BCUT2D eigenvalue weighted by Gasteiger charge is 2.24. The third kappa shape index (κ3) is 3.83. The van der Waals surface area contributed by atoms with Crippen LogP contribution < -0.4 is 5.32 Å². The summed E-state index contributed by atoms with van der Waals surface area (Å²) >= 11 is 0. The fraction of sp³-hybridized carbons (Fsp3) is 0.588. The number of hydrogen-bond acceptors (Lipinski definition) is 2. The number of likely N-dealkylation sites (N-methyl/N-ethyl adjacent to an activating group) is 1. The summed E-state index contributed by atoms with van der Waals surface area (Å²) in [6, 6.07) is 8.33. The molecule has 2 rings (SSSR count). The van der Waals surface area contributed by atoms with E-state index in [2.05, 4.69) is 31.3 Å². The molecule has 110 valence electrons. The van der Waals surface area contributed by atoms with Gasteiger partial charge in [-0.25, -0.2) is 0 Å². The van der Waals surface area contributed by atoms with Gasteiger partial charge in [0.25, 0.3) is 0 Å². The normalized spacial score (nSPS) is 19.4. The van der Waals surface area contributed by atoms with Gasteiger partial charge in [0.05, 0.1) is 6.04 Å². The molecule has 1 heterocycles. The molecule has 1 amide bonds. The summed E-state index contributed by atoms with van der Waals surface area (Å²) < 4.78 is 0. The minimum atomic E-state index is 0.0152. The van der Waals surface area contributed by atoms with Gasteiger partial charge in [0.1, 0.15) is 0 Å². The Kier molecular flexibility index (Phi) is 5.60. The molecular weight excluding hydrogens is 248 g/mol. The van der Waals surface area contributed by atoms with Crippen LogP contribution >= 0.6 is 0 Å². The lowest BCUT2D eigenvalue weighted by Gasteiger charge is -2.27. The average Bonchev–Trinajstić information content (AvgIpc) is 2.75. The van der Waals surface area contributed by atoms with Crippen molar-refractivity contribution in [3.8, 4) is 0 Å². The number of nitrogens with zero attached hydrogens (tertiary/aromatic N) is 1. The molecule has 1 aliphatic rings. The monoisotopic (exact) mass is 274 g/mol. The molecule has 0 radical (unpaired) electrons. The molecule has 1 aromatic carbocycles. The number of amides is 1. The molecular formula is C17H26N2O. The Hall–Kier alpha value is -1.35. The van der Waals surface area contributed by atoms with E-state index in [-0.39, 0.29) is 11.9 Å². The number of carbonyl (C=O) groups is 1. The SMILES string of the molecule is CCN(Cc1ccccc1C)C(=O)C1CCCCCN1. The maximum Gasteiger partial charge on any atom is 0.239 e. The van der Waals surface area contributed by atoms with Crippen molar-refractivity contribution in [1.82, 2.24) is 10.2 Å². The molecule has 0 aliphatic carbocycles. The Morgan fingerprint density at radius 3 is 2.85 bits per heavy atom. The zero-order valence-electron chi connectivity index (χ0n) is 12.7. The Morgan fingerprint density at radius 2 is 2.10 bits per heavy atom. The highest BCUT2D eigenvalue weighted by atomic mass is 16.2. The molecule has 3 heteroatoms. The minimum absolute atomic E-state index is 0.0152. The van der Waals surface area contributed by atoms with Crippen LogP contribution in [0.1, 0.15) is 43.7 Å². The van der Waals surface area contributed by atoms with Gasteiger partial charge in [0.2, 0.25) is 5.91 Å². The molecule has 1 atom stereocenters. The number of hydrogen-bond donors (Lipinski definition) is 1. The standard InChI is InChI=1S/C17H26N2O/c1-3-19(13-15-10-7-6-9-14(15)2)17(20)16-11-5-4-8-12-18-16/h6-7,9-10,16,18H,3-5,8,11-13H2,1-2H3. The van der Waals surface area contributed by atoms with Gasteiger partial charge in [0, 0.05) is 13.1 Å². The summed E-state index contributed by atoms with van der Waals surface area (Å²) in [5.41, 5.74) is 2.50. The average molecular weight is 274 g/mol. The van der Waals surface area contributed by atoms with Crippen molar-refractivity contribution in [2.75, 3.05) is 13.1 Å². The molecule has 1 unspecified atom stereocenters. The highest BCUT2D eigenvalue weighted by molar-refractivity contribution is 5.82. The molecule has 0 aromatic heterocycles. The molecule has 0 bridgehead atoms. The number of rotatable bonds is 4. The lowest BCUT2D eigenvalue weighted by atomic mass is 10.1. The van der Waals surface area contributed by atoms with Crippen molar-refractivity contribution < 1.29 is 4.79 Å². The van der Waals surface area contributed by atoms with Crippen molar-refractivity contribution in [3.05, 3.63) is 35.4 Å². The second-order valence-corrected chi connectivity index (χ2v) is 5.63. The van der Waals surface area contributed by atoms with Gasteiger partial charge in [-0.2, -0.15) is 0 Å². The zero-order chi connectivity index (χ0) is 14.4. The Balaban J connectivity index is 2.03. The first-order chi connectivity index (χ1) is 9.72. The molecule has 1 aliphatic heterocycles. The van der Waals surface area contributed by atoms with Crippen LogP contribution in [-0.4, -0.2) is 29.9 Å². The van der Waals surface area contributed by atoms with E-state index in [1.165, 1.54) is 24.0 Å². The van der Waals surface area contributed by atoms with E-state index in [1.54, 1.807) is 0 Å². The van der Waals surface area contributed by atoms with Crippen molar-refractivity contribution in [2.24, 2.45) is 0 Å². The van der Waals surface area contributed by atoms with E-state index in [0.29, 0.717) is 0 Å². The molecule has 0 saturated carbocycles. The number of aryl methyl sites for hydroxylation is 1. The van der Waals surface area contributed by atoms with Gasteiger partial charge in [-0.15, -0.1) is 0 Å². The Bertz CT molecular complexity index is 436. The largest absolute Gasteiger partial charge is 0.337 e. The van der Waals surface area contributed by atoms with Crippen LogP contribution in [0.2, 0.25) is 0 Å². The van der Waals surface area contributed by atoms with E-state index in [1.807, 2.05) is 17.0 Å². The fourth-order valence-corrected chi connectivity index (χ4v) is 2.80. The number of carbonyl (C=O) groups excluding carboxylic acids is 1. The Morgan fingerprint density at radius 1 is 1.30 bits per heavy atom. The van der Waals surface area contributed by atoms with Crippen molar-refractivity contribution >= 4 is 5.91 Å². The number of benzene rings is 1. The number of nitrogens with one attached hydrogen (secondary N) is 1. The molecule has 1 aromatic rings. The van der Waals surface area contributed by atoms with E-state index in [4.69, 9.17) is 0 Å². The van der Waals surface area contributed by atoms with Crippen LogP contribution in [0, 0.1) is 6.92 Å². The molecule has 0 spiro atoms. The predicted molar refractivity (Wildman–Crippen MR) is 82.5 cm³/mol. The maximum absolute atomic E-state index is 12.7. The quantitative estimate of drug-likeness (QED) is 0.915. The summed E-state index contributed by atoms with van der Waals surface area (Å²) in [4.78, 5) is 14.6. The first-order valence-electron chi connectivity index (χ1n) is 7.79. The molecule has 20 heavy (non-hydrogen) atoms. The first kappa shape index (κ1) is 15.0. The molecule has 1 N–H and O–H groups in total. The smallest absolute Gasteiger partial charge is 0.239 e. The van der Waals surface area contributed by atoms with E-state index in [0.717, 1.165) is 32.5 Å². The summed E-state index contributed by atoms with van der Waals surface area (Å²) in [5.74, 6) is 0.262. The second kappa shape index (κ2) is 7.44. The van der Waals surface area contributed by atoms with Crippen LogP contribution in [0.25, 0.3) is 0 Å². The van der Waals surface area contributed by atoms with Gasteiger partial charge in [-0.3, -0.25) is 4.79 Å². The lowest BCUT2D eigenvalue weighted by molar-refractivity contribution is -0.134. The van der Waals surface area contributed by atoms with Gasteiger partial charge < -0.3 is 10.2 Å². The van der Waals surface area contributed by atoms with Crippen LogP contribution in [0.15, 0.2) is 24.3 Å². The van der Waals surface area contributed by atoms with Crippen LogP contribution in [0.3, 0.4) is 0 Å². The van der Waals surface area contributed by atoms with Crippen LogP contribution in [-0.2, 0) is 11.3 Å². The summed E-state index contributed by atoms with van der Waals surface area (Å²) in [5, 5.41) is 3.41. The third-order valence-electron chi connectivity index (χ3n) is 4.17. The first-order valence-corrected chi connectivity index (χ1v) is 7.79. The van der Waals surface area contributed by atoms with Crippen molar-refractivity contribution in [2.45, 2.75) is 52.1 Å². The van der Waals surface area contributed by atoms with E-state index < -0.39 is 0 Å². The third-order valence-corrected chi connectivity index (χ3v) is 4.17. The van der Waals surface area contributed by atoms with Crippen LogP contribution in [0.4, 0.5) is 0 Å². The van der Waals surface area contributed by atoms with Crippen molar-refractivity contribution in [3.63, 3.8) is 0 Å². The van der Waals surface area contributed by atoms with Gasteiger partial charge in [0.15, 0.2) is 0 Å². The summed E-state index contributed by atoms with van der Waals surface area (Å²) in [6.07, 6.45) is 4.56. The Labute approximate surface area is 122 Å². The summed E-state index contributed by atoms with van der Waals surface area (Å²) in [6.45, 7) is 6.63. The summed E-state index contributed by atoms with van der Waals surface area (Å²) in [7, 11) is 0. The lowest BCUT2D eigenvalue weighted by Crippen LogP contribution is -2.45. The molecule has 1 fully saturated rings. The molecule has 1 saturated heterocycles. The zero-order valence-corrected chi connectivity index (χ0v) is 12.7. The van der Waals surface area contributed by atoms with Crippen LogP contribution in [0.5, 0.6) is 0 Å². The molecule has 3 nitrogen and oxygen atoms in total. The van der Waals surface area contributed by atoms with Crippen molar-refractivity contribution in [1.29, 1.82) is 0 Å². The second-order valence-electron chi connectivity index (χ2n) is 5.63. The fourth-order valence-electron chi connectivity index (χ4n) is 2.80. The maximum atomic E-state index is 12.7.